The van der Waals surface area contributed by atoms with E-state index in [0.29, 0.717) is 18.7 Å². The first kappa shape index (κ1) is 16.4. The zero-order chi connectivity index (χ0) is 15.5. The number of carbonyl (C=O) groups excluding carboxylic acids is 1. The lowest BCUT2D eigenvalue weighted by Gasteiger charge is -2.18. The summed E-state index contributed by atoms with van der Waals surface area (Å²) >= 11 is 0. The van der Waals surface area contributed by atoms with Gasteiger partial charge in [0, 0.05) is 18.2 Å². The molecule has 7 heteroatoms. The first-order chi connectivity index (χ1) is 9.11. The summed E-state index contributed by atoms with van der Waals surface area (Å²) in [6.45, 7) is 2.27. The predicted molar refractivity (Wildman–Crippen MR) is 66.9 cm³/mol. The van der Waals surface area contributed by atoms with Crippen LogP contribution in [0.2, 0.25) is 0 Å². The van der Waals surface area contributed by atoms with Gasteiger partial charge in [-0.25, -0.2) is 4.39 Å². The molecule has 0 saturated heterocycles. The van der Waals surface area contributed by atoms with E-state index in [1.165, 1.54) is 0 Å². The Morgan fingerprint density at radius 3 is 2.45 bits per heavy atom. The molecule has 0 spiro atoms. The number of benzene rings is 1. The molecule has 112 valence electrons. The van der Waals surface area contributed by atoms with E-state index < -0.39 is 23.5 Å². The van der Waals surface area contributed by atoms with Crippen LogP contribution in [-0.4, -0.2) is 37.5 Å². The number of halogens is 4. The fourth-order valence-corrected chi connectivity index (χ4v) is 1.78. The molecule has 1 aromatic rings. The third-order valence-electron chi connectivity index (χ3n) is 2.55. The Balaban J connectivity index is 2.89. The largest absolute Gasteiger partial charge is 0.419 e. The van der Waals surface area contributed by atoms with Crippen molar-refractivity contribution in [2.75, 3.05) is 20.6 Å². The van der Waals surface area contributed by atoms with Gasteiger partial charge in [-0.05, 0) is 39.2 Å². The summed E-state index contributed by atoms with van der Waals surface area (Å²) in [5, 5.41) is 2.56. The van der Waals surface area contributed by atoms with Crippen LogP contribution in [0.5, 0.6) is 0 Å². The zero-order valence-electron chi connectivity index (χ0n) is 11.4. The summed E-state index contributed by atoms with van der Waals surface area (Å²) < 4.78 is 50.7. The van der Waals surface area contributed by atoms with Crippen LogP contribution in [0.1, 0.15) is 22.8 Å². The minimum absolute atomic E-state index is 0.218. The molecular formula is C13H16F4N2O. The summed E-state index contributed by atoms with van der Waals surface area (Å²) in [6, 6.07) is 1.96. The lowest BCUT2D eigenvalue weighted by atomic mass is 10.1. The Labute approximate surface area is 114 Å². The highest BCUT2D eigenvalue weighted by Crippen LogP contribution is 2.31. The molecule has 1 amide bonds. The summed E-state index contributed by atoms with van der Waals surface area (Å²) in [7, 11) is 3.62. The topological polar surface area (TPSA) is 32.3 Å². The van der Waals surface area contributed by atoms with E-state index in [-0.39, 0.29) is 11.6 Å². The molecule has 0 saturated carbocycles. The lowest BCUT2D eigenvalue weighted by molar-refractivity contribution is -0.140. The second kappa shape index (κ2) is 6.21. The van der Waals surface area contributed by atoms with Crippen molar-refractivity contribution in [2.45, 2.75) is 19.1 Å². The smallest absolute Gasteiger partial charge is 0.348 e. The predicted octanol–water partition coefficient (Wildman–Crippen LogP) is 2.52. The van der Waals surface area contributed by atoms with Crippen molar-refractivity contribution < 1.29 is 22.4 Å². The first-order valence-corrected chi connectivity index (χ1v) is 5.93. The number of rotatable bonds is 4. The molecule has 0 aliphatic heterocycles. The standard InChI is InChI=1S/C13H16F4N2O/c1-8(7-19(2)3)18-12(20)9-4-5-11(14)10(6-9)13(15,16)17/h4-6,8H,7H2,1-3H3,(H,18,20). The molecule has 1 N–H and O–H groups in total. The van der Waals surface area contributed by atoms with Crippen molar-refractivity contribution in [3.63, 3.8) is 0 Å². The van der Waals surface area contributed by atoms with Crippen LogP contribution in [0.15, 0.2) is 18.2 Å². The first-order valence-electron chi connectivity index (χ1n) is 5.93. The molecule has 1 atom stereocenters. The van der Waals surface area contributed by atoms with Crippen LogP contribution in [-0.2, 0) is 6.18 Å². The van der Waals surface area contributed by atoms with Crippen LogP contribution in [0.3, 0.4) is 0 Å². The minimum Gasteiger partial charge on any atom is -0.348 e. The Kier molecular flexibility index (Phi) is 5.10. The fraction of sp³-hybridized carbons (Fsp3) is 0.462. The van der Waals surface area contributed by atoms with Crippen molar-refractivity contribution in [3.05, 3.63) is 35.1 Å². The fourth-order valence-electron chi connectivity index (χ4n) is 1.78. The second-order valence-electron chi connectivity index (χ2n) is 4.83. The Hall–Kier alpha value is -1.63. The summed E-state index contributed by atoms with van der Waals surface area (Å²) in [4.78, 5) is 13.6. The minimum atomic E-state index is -4.82. The van der Waals surface area contributed by atoms with Crippen molar-refractivity contribution >= 4 is 5.91 Å². The number of hydrogen-bond donors (Lipinski definition) is 1. The zero-order valence-corrected chi connectivity index (χ0v) is 11.4. The number of nitrogens with zero attached hydrogens (tertiary/aromatic N) is 1. The van der Waals surface area contributed by atoms with Gasteiger partial charge in [-0.3, -0.25) is 4.79 Å². The Morgan fingerprint density at radius 2 is 1.95 bits per heavy atom. The van der Waals surface area contributed by atoms with E-state index in [1.807, 2.05) is 19.0 Å². The van der Waals surface area contributed by atoms with E-state index in [1.54, 1.807) is 6.92 Å². The molecule has 0 bridgehead atoms. The van der Waals surface area contributed by atoms with Gasteiger partial charge in [0.1, 0.15) is 5.82 Å². The van der Waals surface area contributed by atoms with Crippen LogP contribution < -0.4 is 5.32 Å². The molecule has 0 fully saturated rings. The third-order valence-corrected chi connectivity index (χ3v) is 2.55. The third kappa shape index (κ3) is 4.48. The molecule has 1 aromatic carbocycles. The summed E-state index contributed by atoms with van der Waals surface area (Å²) in [5.74, 6) is -2.06. The van der Waals surface area contributed by atoms with E-state index in [0.717, 1.165) is 6.07 Å². The maximum atomic E-state index is 13.1. The van der Waals surface area contributed by atoms with Gasteiger partial charge in [-0.2, -0.15) is 13.2 Å². The van der Waals surface area contributed by atoms with E-state index in [2.05, 4.69) is 5.32 Å². The molecule has 0 aliphatic carbocycles. The van der Waals surface area contributed by atoms with Crippen molar-refractivity contribution in [2.24, 2.45) is 0 Å². The van der Waals surface area contributed by atoms with Gasteiger partial charge in [0.05, 0.1) is 5.56 Å². The number of amides is 1. The van der Waals surface area contributed by atoms with Gasteiger partial charge in [-0.15, -0.1) is 0 Å². The van der Waals surface area contributed by atoms with Crippen molar-refractivity contribution in [3.8, 4) is 0 Å². The van der Waals surface area contributed by atoms with Crippen LogP contribution >= 0.6 is 0 Å². The number of carbonyl (C=O) groups is 1. The SMILES string of the molecule is CC(CN(C)C)NC(=O)c1ccc(F)c(C(F)(F)F)c1. The van der Waals surface area contributed by atoms with Gasteiger partial charge < -0.3 is 10.2 Å². The monoisotopic (exact) mass is 292 g/mol. The molecule has 0 aliphatic rings. The highest BCUT2D eigenvalue weighted by atomic mass is 19.4. The van der Waals surface area contributed by atoms with Crippen LogP contribution in [0.25, 0.3) is 0 Å². The van der Waals surface area contributed by atoms with Crippen molar-refractivity contribution in [1.82, 2.24) is 10.2 Å². The lowest BCUT2D eigenvalue weighted by Crippen LogP contribution is -2.39. The second-order valence-corrected chi connectivity index (χ2v) is 4.83. The number of nitrogens with one attached hydrogen (secondary N) is 1. The van der Waals surface area contributed by atoms with E-state index in [4.69, 9.17) is 0 Å². The van der Waals surface area contributed by atoms with Crippen molar-refractivity contribution in [1.29, 1.82) is 0 Å². The molecule has 20 heavy (non-hydrogen) atoms. The summed E-state index contributed by atoms with van der Waals surface area (Å²) in [6.07, 6.45) is -4.82. The quantitative estimate of drug-likeness (QED) is 0.865. The normalized spacial score (nSPS) is 13.4. The highest BCUT2D eigenvalue weighted by molar-refractivity contribution is 5.94. The van der Waals surface area contributed by atoms with E-state index >= 15 is 0 Å². The molecule has 3 nitrogen and oxygen atoms in total. The summed E-state index contributed by atoms with van der Waals surface area (Å²) in [5.41, 5.74) is -1.66. The maximum Gasteiger partial charge on any atom is 0.419 e. The average molecular weight is 292 g/mol. The molecule has 0 radical (unpaired) electrons. The molecule has 1 rings (SSSR count). The number of hydrogen-bond acceptors (Lipinski definition) is 2. The Bertz CT molecular complexity index is 486. The van der Waals surface area contributed by atoms with Gasteiger partial charge >= 0.3 is 6.18 Å². The molecule has 0 aromatic heterocycles. The maximum absolute atomic E-state index is 13.1. The number of likely N-dealkylation sites (N-methyl/N-ethyl adjacent to an activating group) is 1. The van der Waals surface area contributed by atoms with Gasteiger partial charge in [0.2, 0.25) is 0 Å². The van der Waals surface area contributed by atoms with E-state index in [9.17, 15) is 22.4 Å². The van der Waals surface area contributed by atoms with Gasteiger partial charge in [-0.1, -0.05) is 0 Å². The molecular weight excluding hydrogens is 276 g/mol. The average Bonchev–Trinajstić information content (AvgIpc) is 2.26. The van der Waals surface area contributed by atoms with Gasteiger partial charge in [0.15, 0.2) is 0 Å². The Morgan fingerprint density at radius 1 is 1.35 bits per heavy atom. The molecule has 1 unspecified atom stereocenters. The number of alkyl halides is 3. The molecule has 0 heterocycles. The van der Waals surface area contributed by atoms with Crippen LogP contribution in [0.4, 0.5) is 17.6 Å². The van der Waals surface area contributed by atoms with Crippen LogP contribution in [0, 0.1) is 5.82 Å². The highest BCUT2D eigenvalue weighted by Gasteiger charge is 2.34. The van der Waals surface area contributed by atoms with Gasteiger partial charge in [0.25, 0.3) is 5.91 Å².